The van der Waals surface area contributed by atoms with Crippen LogP contribution in [0.4, 0.5) is 0 Å². The number of hydrogen-bond acceptors (Lipinski definition) is 5. The predicted molar refractivity (Wildman–Crippen MR) is 82.0 cm³/mol. The van der Waals surface area contributed by atoms with Crippen LogP contribution in [0.1, 0.15) is 32.6 Å². The number of thioether (sulfide) groups is 1. The number of rotatable bonds is 4. The summed E-state index contributed by atoms with van der Waals surface area (Å²) in [7, 11) is 0. The lowest BCUT2D eigenvalue weighted by molar-refractivity contribution is -0.123. The SMILES string of the molecule is CCc1cc2c(SCC(=O)C(C)(C)C)ncnc2s1. The first-order valence-electron chi connectivity index (χ1n) is 6.31. The van der Waals surface area contributed by atoms with Crippen molar-refractivity contribution in [3.63, 3.8) is 0 Å². The summed E-state index contributed by atoms with van der Waals surface area (Å²) < 4.78 is 0. The van der Waals surface area contributed by atoms with Crippen LogP contribution in [0.3, 0.4) is 0 Å². The Morgan fingerprint density at radius 1 is 1.37 bits per heavy atom. The first-order chi connectivity index (χ1) is 8.91. The quantitative estimate of drug-likeness (QED) is 0.632. The van der Waals surface area contributed by atoms with Crippen molar-refractivity contribution in [2.45, 2.75) is 39.1 Å². The van der Waals surface area contributed by atoms with Gasteiger partial charge in [0.2, 0.25) is 0 Å². The largest absolute Gasteiger partial charge is 0.298 e. The Hall–Kier alpha value is -0.940. The minimum Gasteiger partial charge on any atom is -0.298 e. The van der Waals surface area contributed by atoms with Crippen LogP contribution >= 0.6 is 23.1 Å². The van der Waals surface area contributed by atoms with Gasteiger partial charge in [0.05, 0.1) is 5.75 Å². The first kappa shape index (κ1) is 14.5. The second-order valence-electron chi connectivity index (χ2n) is 5.43. The van der Waals surface area contributed by atoms with Gasteiger partial charge in [-0.15, -0.1) is 11.3 Å². The number of nitrogens with zero attached hydrogens (tertiary/aromatic N) is 2. The van der Waals surface area contributed by atoms with Crippen molar-refractivity contribution in [1.29, 1.82) is 0 Å². The summed E-state index contributed by atoms with van der Waals surface area (Å²) in [5.41, 5.74) is -0.289. The monoisotopic (exact) mass is 294 g/mol. The van der Waals surface area contributed by atoms with E-state index in [0.29, 0.717) is 5.75 Å². The molecule has 0 fully saturated rings. The van der Waals surface area contributed by atoms with Crippen LogP contribution < -0.4 is 0 Å². The number of thiophene rings is 1. The van der Waals surface area contributed by atoms with Crippen molar-refractivity contribution in [1.82, 2.24) is 9.97 Å². The summed E-state index contributed by atoms with van der Waals surface area (Å²) in [6.45, 7) is 7.98. The lowest BCUT2D eigenvalue weighted by atomic mass is 9.92. The van der Waals surface area contributed by atoms with Crippen LogP contribution in [0.2, 0.25) is 0 Å². The Labute approximate surface area is 121 Å². The van der Waals surface area contributed by atoms with Crippen LogP contribution in [-0.4, -0.2) is 21.5 Å². The Balaban J connectivity index is 2.21. The molecular formula is C14H18N2OS2. The summed E-state index contributed by atoms with van der Waals surface area (Å²) in [4.78, 5) is 22.9. The molecule has 0 saturated carbocycles. The number of fused-ring (bicyclic) bond motifs is 1. The Morgan fingerprint density at radius 2 is 2.11 bits per heavy atom. The fourth-order valence-electron chi connectivity index (χ4n) is 1.52. The standard InChI is InChI=1S/C14H18N2OS2/c1-5-9-6-10-12(15-8-16-13(10)19-9)18-7-11(17)14(2,3)4/h6,8H,5,7H2,1-4H3. The predicted octanol–water partition coefficient (Wildman–Crippen LogP) is 3.96. The van der Waals surface area contributed by atoms with Gasteiger partial charge < -0.3 is 0 Å². The van der Waals surface area contributed by atoms with Crippen LogP contribution in [0.15, 0.2) is 17.4 Å². The smallest absolute Gasteiger partial charge is 0.148 e. The van der Waals surface area contributed by atoms with E-state index in [4.69, 9.17) is 0 Å². The van der Waals surface area contributed by atoms with Gasteiger partial charge in [-0.2, -0.15) is 0 Å². The van der Waals surface area contributed by atoms with E-state index >= 15 is 0 Å². The number of carbonyl (C=O) groups is 1. The molecule has 0 aromatic carbocycles. The number of aromatic nitrogens is 2. The lowest BCUT2D eigenvalue weighted by Gasteiger charge is -2.15. The molecule has 2 aromatic heterocycles. The van der Waals surface area contributed by atoms with E-state index in [2.05, 4.69) is 23.0 Å². The zero-order valence-electron chi connectivity index (χ0n) is 11.7. The third kappa shape index (κ3) is 3.34. The van der Waals surface area contributed by atoms with Gasteiger partial charge in [-0.1, -0.05) is 39.5 Å². The molecule has 0 saturated heterocycles. The molecule has 2 heterocycles. The number of ketones is 1. The molecule has 0 aliphatic carbocycles. The summed E-state index contributed by atoms with van der Waals surface area (Å²) in [5.74, 6) is 0.711. The molecule has 19 heavy (non-hydrogen) atoms. The highest BCUT2D eigenvalue weighted by atomic mass is 32.2. The molecule has 0 amide bonds. The van der Waals surface area contributed by atoms with Gasteiger partial charge in [0.25, 0.3) is 0 Å². The fourth-order valence-corrected chi connectivity index (χ4v) is 3.66. The first-order valence-corrected chi connectivity index (χ1v) is 8.11. The van der Waals surface area contributed by atoms with E-state index in [1.54, 1.807) is 17.7 Å². The second kappa shape index (κ2) is 5.59. The minimum absolute atomic E-state index is 0.246. The van der Waals surface area contributed by atoms with Crippen molar-refractivity contribution in [2.24, 2.45) is 5.41 Å². The van der Waals surface area contributed by atoms with Gasteiger partial charge in [-0.3, -0.25) is 4.79 Å². The lowest BCUT2D eigenvalue weighted by Crippen LogP contribution is -2.22. The van der Waals surface area contributed by atoms with Crippen molar-refractivity contribution in [3.05, 3.63) is 17.3 Å². The molecule has 0 radical (unpaired) electrons. The van der Waals surface area contributed by atoms with Gasteiger partial charge in [0.15, 0.2) is 0 Å². The molecule has 0 aliphatic heterocycles. The van der Waals surface area contributed by atoms with E-state index in [1.807, 2.05) is 20.8 Å². The molecule has 102 valence electrons. The summed E-state index contributed by atoms with van der Waals surface area (Å²) in [6.07, 6.45) is 2.59. The number of aryl methyl sites for hydroxylation is 1. The van der Waals surface area contributed by atoms with Crippen LogP contribution in [-0.2, 0) is 11.2 Å². The molecule has 2 rings (SSSR count). The molecule has 0 unspecified atom stereocenters. The molecule has 3 nitrogen and oxygen atoms in total. The Bertz CT molecular complexity index is 599. The highest BCUT2D eigenvalue weighted by molar-refractivity contribution is 8.00. The number of hydrogen-bond donors (Lipinski definition) is 0. The molecule has 0 aliphatic rings. The average Bonchev–Trinajstić information content (AvgIpc) is 2.78. The Kier molecular flexibility index (Phi) is 4.26. The van der Waals surface area contributed by atoms with Crippen molar-refractivity contribution < 1.29 is 4.79 Å². The van der Waals surface area contributed by atoms with Crippen LogP contribution in [0.25, 0.3) is 10.2 Å². The third-order valence-corrected chi connectivity index (χ3v) is 5.06. The fraction of sp³-hybridized carbons (Fsp3) is 0.500. The maximum atomic E-state index is 12.0. The number of Topliss-reactive ketones (excluding diaryl/α,β-unsaturated/α-hetero) is 1. The highest BCUT2D eigenvalue weighted by Gasteiger charge is 2.21. The van der Waals surface area contributed by atoms with Gasteiger partial charge in [-0.05, 0) is 12.5 Å². The zero-order valence-corrected chi connectivity index (χ0v) is 13.3. The molecule has 0 atom stereocenters. The maximum absolute atomic E-state index is 12.0. The van der Waals surface area contributed by atoms with Crippen LogP contribution in [0, 0.1) is 5.41 Å². The van der Waals surface area contributed by atoms with Crippen molar-refractivity contribution in [2.75, 3.05) is 5.75 Å². The van der Waals surface area contributed by atoms with Crippen molar-refractivity contribution >= 4 is 39.1 Å². The van der Waals surface area contributed by atoms with Gasteiger partial charge >= 0.3 is 0 Å². The van der Waals surface area contributed by atoms with Crippen LogP contribution in [0.5, 0.6) is 0 Å². The molecule has 2 aromatic rings. The van der Waals surface area contributed by atoms with Gasteiger partial charge in [0.1, 0.15) is 22.0 Å². The molecule has 0 bridgehead atoms. The summed E-state index contributed by atoms with van der Waals surface area (Å²) in [6, 6.07) is 2.14. The maximum Gasteiger partial charge on any atom is 0.148 e. The minimum atomic E-state index is -0.289. The topological polar surface area (TPSA) is 42.9 Å². The average molecular weight is 294 g/mol. The molecular weight excluding hydrogens is 276 g/mol. The van der Waals surface area contributed by atoms with E-state index < -0.39 is 0 Å². The van der Waals surface area contributed by atoms with E-state index in [1.165, 1.54) is 16.6 Å². The highest BCUT2D eigenvalue weighted by Crippen LogP contribution is 2.31. The summed E-state index contributed by atoms with van der Waals surface area (Å²) >= 11 is 3.22. The van der Waals surface area contributed by atoms with Gasteiger partial charge in [-0.25, -0.2) is 9.97 Å². The normalized spacial score (nSPS) is 12.0. The second-order valence-corrected chi connectivity index (χ2v) is 7.51. The Morgan fingerprint density at radius 3 is 2.74 bits per heavy atom. The van der Waals surface area contributed by atoms with Crippen molar-refractivity contribution in [3.8, 4) is 0 Å². The molecule has 0 N–H and O–H groups in total. The van der Waals surface area contributed by atoms with E-state index in [-0.39, 0.29) is 11.2 Å². The van der Waals surface area contributed by atoms with E-state index in [0.717, 1.165) is 21.7 Å². The number of carbonyl (C=O) groups excluding carboxylic acids is 1. The summed E-state index contributed by atoms with van der Waals surface area (Å²) in [5, 5.41) is 2.00. The molecule has 5 heteroatoms. The van der Waals surface area contributed by atoms with Gasteiger partial charge in [0, 0.05) is 15.7 Å². The molecule has 0 spiro atoms. The zero-order chi connectivity index (χ0) is 14.0. The van der Waals surface area contributed by atoms with E-state index in [9.17, 15) is 4.79 Å². The third-order valence-electron chi connectivity index (χ3n) is 2.87.